The minimum atomic E-state index is 0. The summed E-state index contributed by atoms with van der Waals surface area (Å²) < 4.78 is 0. The van der Waals surface area contributed by atoms with Gasteiger partial charge in [0.2, 0.25) is 5.91 Å². The maximum absolute atomic E-state index is 12.0. The number of likely N-dealkylation sites (tertiary alicyclic amines) is 1. The van der Waals surface area contributed by atoms with Crippen molar-refractivity contribution in [2.45, 2.75) is 25.4 Å². The Morgan fingerprint density at radius 1 is 1.43 bits per heavy atom. The van der Waals surface area contributed by atoms with Gasteiger partial charge in [-0.1, -0.05) is 11.6 Å². The monoisotopic (exact) mass is 349 g/mol. The summed E-state index contributed by atoms with van der Waals surface area (Å²) in [5, 5.41) is 5.95. The van der Waals surface area contributed by atoms with Gasteiger partial charge in [0.15, 0.2) is 0 Å². The Labute approximate surface area is 140 Å². The standard InChI is InChI=1S/C14H20ClN3OS.ClH/c15-11-6-13(20-10-11)9-17-4-1-2-12(8-17)18-5-3-16-7-14(18)19;/h6,10,12,16H,1-5,7-9H2;1H. The van der Waals surface area contributed by atoms with Crippen molar-refractivity contribution in [2.24, 2.45) is 0 Å². The summed E-state index contributed by atoms with van der Waals surface area (Å²) in [6.45, 7) is 5.32. The Hall–Kier alpha value is -0.330. The van der Waals surface area contributed by atoms with E-state index in [2.05, 4.69) is 15.1 Å². The van der Waals surface area contributed by atoms with Crippen molar-refractivity contribution in [2.75, 3.05) is 32.7 Å². The van der Waals surface area contributed by atoms with Gasteiger partial charge in [-0.2, -0.15) is 0 Å². The molecule has 1 atom stereocenters. The number of hydrogen-bond acceptors (Lipinski definition) is 4. The van der Waals surface area contributed by atoms with E-state index >= 15 is 0 Å². The third kappa shape index (κ3) is 4.33. The third-order valence-corrected chi connectivity index (χ3v) is 5.32. The number of carbonyl (C=O) groups excluding carboxylic acids is 1. The Kier molecular flexibility index (Phi) is 6.32. The van der Waals surface area contributed by atoms with E-state index in [1.54, 1.807) is 11.3 Å². The summed E-state index contributed by atoms with van der Waals surface area (Å²) in [4.78, 5) is 17.8. The number of hydrogen-bond donors (Lipinski definition) is 1. The first kappa shape index (κ1) is 17.0. The van der Waals surface area contributed by atoms with E-state index in [1.165, 1.54) is 11.3 Å². The summed E-state index contributed by atoms with van der Waals surface area (Å²) in [5.41, 5.74) is 0. The van der Waals surface area contributed by atoms with E-state index in [1.807, 2.05) is 11.4 Å². The normalized spacial score (nSPS) is 24.0. The van der Waals surface area contributed by atoms with Gasteiger partial charge in [0, 0.05) is 42.5 Å². The lowest BCUT2D eigenvalue weighted by molar-refractivity contribution is -0.135. The molecule has 2 aliphatic rings. The number of halogens is 2. The zero-order valence-electron chi connectivity index (χ0n) is 11.9. The molecule has 1 unspecified atom stereocenters. The minimum absolute atomic E-state index is 0. The fraction of sp³-hybridized carbons (Fsp3) is 0.643. The molecule has 3 heterocycles. The van der Waals surface area contributed by atoms with Gasteiger partial charge < -0.3 is 10.2 Å². The maximum Gasteiger partial charge on any atom is 0.236 e. The molecule has 0 spiro atoms. The molecule has 4 nitrogen and oxygen atoms in total. The smallest absolute Gasteiger partial charge is 0.236 e. The molecule has 0 aromatic carbocycles. The van der Waals surface area contributed by atoms with Gasteiger partial charge in [0.05, 0.1) is 11.6 Å². The van der Waals surface area contributed by atoms with Crippen molar-refractivity contribution in [3.63, 3.8) is 0 Å². The first-order chi connectivity index (χ1) is 9.72. The number of piperidine rings is 1. The molecule has 0 aliphatic carbocycles. The number of carbonyl (C=O) groups is 1. The highest BCUT2D eigenvalue weighted by Gasteiger charge is 2.29. The Bertz CT molecular complexity index is 483. The lowest BCUT2D eigenvalue weighted by Gasteiger charge is -2.41. The van der Waals surface area contributed by atoms with Crippen molar-refractivity contribution in [3.8, 4) is 0 Å². The molecule has 1 aromatic rings. The van der Waals surface area contributed by atoms with E-state index in [-0.39, 0.29) is 18.3 Å². The molecule has 1 N–H and O–H groups in total. The molecule has 2 saturated heterocycles. The summed E-state index contributed by atoms with van der Waals surface area (Å²) in [6.07, 6.45) is 2.30. The molecule has 118 valence electrons. The van der Waals surface area contributed by atoms with E-state index in [0.717, 1.165) is 44.2 Å². The van der Waals surface area contributed by atoms with Crippen molar-refractivity contribution in [3.05, 3.63) is 21.3 Å². The molecular weight excluding hydrogens is 329 g/mol. The summed E-state index contributed by atoms with van der Waals surface area (Å²) in [5.74, 6) is 0.252. The van der Waals surface area contributed by atoms with Gasteiger partial charge >= 0.3 is 0 Å². The summed E-state index contributed by atoms with van der Waals surface area (Å²) in [6, 6.07) is 2.43. The van der Waals surface area contributed by atoms with E-state index in [9.17, 15) is 4.79 Å². The predicted molar refractivity (Wildman–Crippen MR) is 89.5 cm³/mol. The molecule has 2 fully saturated rings. The largest absolute Gasteiger partial charge is 0.336 e. The predicted octanol–water partition coefficient (Wildman–Crippen LogP) is 2.22. The van der Waals surface area contributed by atoms with E-state index in [0.29, 0.717) is 12.6 Å². The second kappa shape index (κ2) is 7.79. The Morgan fingerprint density at radius 3 is 3.00 bits per heavy atom. The average Bonchev–Trinajstić information content (AvgIpc) is 2.85. The van der Waals surface area contributed by atoms with Gasteiger partial charge in [0.1, 0.15) is 0 Å². The lowest BCUT2D eigenvalue weighted by Crippen LogP contribution is -2.56. The van der Waals surface area contributed by atoms with Crippen LogP contribution in [0.15, 0.2) is 11.4 Å². The first-order valence-corrected chi connectivity index (χ1v) is 8.43. The second-order valence-corrected chi connectivity index (χ2v) is 6.96. The van der Waals surface area contributed by atoms with Crippen LogP contribution in [-0.4, -0.2) is 54.5 Å². The fourth-order valence-corrected chi connectivity index (χ4v) is 4.21. The quantitative estimate of drug-likeness (QED) is 0.908. The zero-order chi connectivity index (χ0) is 13.9. The molecule has 0 radical (unpaired) electrons. The SMILES string of the molecule is Cl.O=C1CNCCN1C1CCCN(Cc2cc(Cl)cs2)C1. The van der Waals surface area contributed by atoms with Crippen LogP contribution in [-0.2, 0) is 11.3 Å². The summed E-state index contributed by atoms with van der Waals surface area (Å²) in [7, 11) is 0. The van der Waals surface area contributed by atoms with Crippen molar-refractivity contribution in [1.82, 2.24) is 15.1 Å². The average molecular weight is 350 g/mol. The maximum atomic E-state index is 12.0. The van der Waals surface area contributed by atoms with Gasteiger partial charge in [-0.05, 0) is 25.5 Å². The van der Waals surface area contributed by atoms with Gasteiger partial charge in [-0.3, -0.25) is 9.69 Å². The minimum Gasteiger partial charge on any atom is -0.336 e. The van der Waals surface area contributed by atoms with E-state index < -0.39 is 0 Å². The third-order valence-electron chi connectivity index (χ3n) is 4.05. The molecule has 1 amide bonds. The molecule has 1 aromatic heterocycles. The lowest BCUT2D eigenvalue weighted by atomic mass is 10.0. The highest BCUT2D eigenvalue weighted by Crippen LogP contribution is 2.23. The number of rotatable bonds is 3. The first-order valence-electron chi connectivity index (χ1n) is 7.18. The number of nitrogens with zero attached hydrogens (tertiary/aromatic N) is 2. The summed E-state index contributed by atoms with van der Waals surface area (Å²) >= 11 is 7.70. The highest BCUT2D eigenvalue weighted by molar-refractivity contribution is 7.10. The number of thiophene rings is 1. The molecular formula is C14H21Cl2N3OS. The Morgan fingerprint density at radius 2 is 2.29 bits per heavy atom. The van der Waals surface area contributed by atoms with Crippen LogP contribution in [0.25, 0.3) is 0 Å². The fourth-order valence-electron chi connectivity index (χ4n) is 3.09. The molecule has 0 bridgehead atoms. The van der Waals surface area contributed by atoms with Crippen LogP contribution in [0.1, 0.15) is 17.7 Å². The van der Waals surface area contributed by atoms with E-state index in [4.69, 9.17) is 11.6 Å². The van der Waals surface area contributed by atoms with Crippen molar-refractivity contribution < 1.29 is 4.79 Å². The topological polar surface area (TPSA) is 35.6 Å². The van der Waals surface area contributed by atoms with Crippen LogP contribution in [0.4, 0.5) is 0 Å². The van der Waals surface area contributed by atoms with Crippen LogP contribution in [0, 0.1) is 0 Å². The molecule has 3 rings (SSSR count). The highest BCUT2D eigenvalue weighted by atomic mass is 35.5. The number of piperazine rings is 1. The second-order valence-electron chi connectivity index (χ2n) is 5.53. The van der Waals surface area contributed by atoms with Crippen LogP contribution >= 0.6 is 35.3 Å². The van der Waals surface area contributed by atoms with Crippen LogP contribution in [0.2, 0.25) is 5.02 Å². The molecule has 7 heteroatoms. The van der Waals surface area contributed by atoms with Gasteiger partial charge in [0.25, 0.3) is 0 Å². The van der Waals surface area contributed by atoms with Crippen LogP contribution < -0.4 is 5.32 Å². The van der Waals surface area contributed by atoms with Crippen molar-refractivity contribution in [1.29, 1.82) is 0 Å². The Balaban J connectivity index is 0.00000161. The molecule has 0 saturated carbocycles. The van der Waals surface area contributed by atoms with Gasteiger partial charge in [-0.25, -0.2) is 0 Å². The number of amides is 1. The zero-order valence-corrected chi connectivity index (χ0v) is 14.3. The van der Waals surface area contributed by atoms with Crippen LogP contribution in [0.5, 0.6) is 0 Å². The van der Waals surface area contributed by atoms with Crippen LogP contribution in [0.3, 0.4) is 0 Å². The van der Waals surface area contributed by atoms with Crippen molar-refractivity contribution >= 4 is 41.3 Å². The molecule has 21 heavy (non-hydrogen) atoms. The van der Waals surface area contributed by atoms with Gasteiger partial charge in [-0.15, -0.1) is 23.7 Å². The number of nitrogens with one attached hydrogen (secondary N) is 1. The molecule has 2 aliphatic heterocycles.